The first-order valence-corrected chi connectivity index (χ1v) is 9.82. The van der Waals surface area contributed by atoms with Crippen molar-refractivity contribution < 1.29 is 13.2 Å². The number of carbonyl (C=O) groups excluding carboxylic acids is 1. The maximum absolute atomic E-state index is 12.7. The van der Waals surface area contributed by atoms with E-state index in [0.717, 1.165) is 5.56 Å². The van der Waals surface area contributed by atoms with Gasteiger partial charge in [-0.25, -0.2) is 8.42 Å². The number of benzene rings is 1. The second-order valence-electron chi connectivity index (χ2n) is 6.36. The number of nitrogens with one attached hydrogen (secondary N) is 1. The van der Waals surface area contributed by atoms with E-state index < -0.39 is 10.0 Å². The SMILES string of the molecule is CNCCC(=O)N1CCN(S(=O)(=O)c2ccc(C(C)C)cc2)CC1. The molecule has 7 heteroatoms. The van der Waals surface area contributed by atoms with Crippen molar-refractivity contribution in [3.8, 4) is 0 Å². The number of piperazine rings is 1. The average molecular weight is 353 g/mol. The zero-order valence-electron chi connectivity index (χ0n) is 14.7. The molecule has 1 aliphatic rings. The molecular formula is C17H27N3O3S. The molecule has 1 N–H and O–H groups in total. The van der Waals surface area contributed by atoms with Gasteiger partial charge in [-0.15, -0.1) is 0 Å². The van der Waals surface area contributed by atoms with E-state index >= 15 is 0 Å². The Hall–Kier alpha value is -1.44. The molecule has 1 aliphatic heterocycles. The Morgan fingerprint density at radius 2 is 1.71 bits per heavy atom. The summed E-state index contributed by atoms with van der Waals surface area (Å²) in [6, 6.07) is 7.09. The van der Waals surface area contributed by atoms with Crippen molar-refractivity contribution in [1.29, 1.82) is 0 Å². The Kier molecular flexibility index (Phi) is 6.37. The van der Waals surface area contributed by atoms with Crippen molar-refractivity contribution in [2.24, 2.45) is 0 Å². The second kappa shape index (κ2) is 8.09. The van der Waals surface area contributed by atoms with Gasteiger partial charge < -0.3 is 10.2 Å². The third-order valence-electron chi connectivity index (χ3n) is 4.36. The minimum absolute atomic E-state index is 0.0719. The standard InChI is InChI=1S/C17H27N3O3S/c1-14(2)15-4-6-16(7-5-15)24(22,23)20-12-10-19(11-13-20)17(21)8-9-18-3/h4-7,14,18H,8-13H2,1-3H3. The highest BCUT2D eigenvalue weighted by atomic mass is 32.2. The van der Waals surface area contributed by atoms with Gasteiger partial charge >= 0.3 is 0 Å². The highest BCUT2D eigenvalue weighted by Gasteiger charge is 2.29. The van der Waals surface area contributed by atoms with Crippen molar-refractivity contribution >= 4 is 15.9 Å². The molecule has 2 rings (SSSR count). The summed E-state index contributed by atoms with van der Waals surface area (Å²) >= 11 is 0. The molecule has 0 bridgehead atoms. The Bertz CT molecular complexity index is 648. The summed E-state index contributed by atoms with van der Waals surface area (Å²) in [4.78, 5) is 14.1. The number of rotatable bonds is 6. The molecule has 1 fully saturated rings. The van der Waals surface area contributed by atoms with Gasteiger partial charge in [-0.05, 0) is 30.7 Å². The summed E-state index contributed by atoms with van der Waals surface area (Å²) in [6.45, 7) is 6.39. The predicted octanol–water partition coefficient (Wildman–Crippen LogP) is 1.25. The monoisotopic (exact) mass is 353 g/mol. The van der Waals surface area contributed by atoms with E-state index in [1.54, 1.807) is 17.0 Å². The lowest BCUT2D eigenvalue weighted by molar-refractivity contribution is -0.132. The molecule has 0 unspecified atom stereocenters. The van der Waals surface area contributed by atoms with Crippen LogP contribution in [0.1, 0.15) is 31.7 Å². The van der Waals surface area contributed by atoms with Crippen LogP contribution in [0, 0.1) is 0 Å². The van der Waals surface area contributed by atoms with Crippen LogP contribution >= 0.6 is 0 Å². The predicted molar refractivity (Wildman–Crippen MR) is 94.4 cm³/mol. The van der Waals surface area contributed by atoms with Gasteiger partial charge in [0.25, 0.3) is 0 Å². The van der Waals surface area contributed by atoms with Crippen molar-refractivity contribution in [1.82, 2.24) is 14.5 Å². The average Bonchev–Trinajstić information content (AvgIpc) is 2.59. The van der Waals surface area contributed by atoms with E-state index in [1.165, 1.54) is 4.31 Å². The van der Waals surface area contributed by atoms with E-state index in [0.29, 0.717) is 50.0 Å². The molecular weight excluding hydrogens is 326 g/mol. The number of sulfonamides is 1. The fourth-order valence-corrected chi connectivity index (χ4v) is 4.16. The molecule has 1 heterocycles. The number of amides is 1. The summed E-state index contributed by atoms with van der Waals surface area (Å²) in [5.74, 6) is 0.441. The van der Waals surface area contributed by atoms with E-state index in [2.05, 4.69) is 19.2 Å². The number of hydrogen-bond acceptors (Lipinski definition) is 4. The fourth-order valence-electron chi connectivity index (χ4n) is 2.74. The zero-order valence-corrected chi connectivity index (χ0v) is 15.5. The molecule has 0 aromatic heterocycles. The van der Waals surface area contributed by atoms with E-state index in [9.17, 15) is 13.2 Å². The zero-order chi connectivity index (χ0) is 17.7. The maximum Gasteiger partial charge on any atom is 0.243 e. The van der Waals surface area contributed by atoms with Crippen LogP contribution in [-0.4, -0.2) is 63.3 Å². The van der Waals surface area contributed by atoms with Gasteiger partial charge in [-0.2, -0.15) is 4.31 Å². The minimum atomic E-state index is -3.49. The minimum Gasteiger partial charge on any atom is -0.340 e. The quantitative estimate of drug-likeness (QED) is 0.836. The lowest BCUT2D eigenvalue weighted by Crippen LogP contribution is -2.50. The molecule has 0 saturated carbocycles. The molecule has 1 amide bonds. The topological polar surface area (TPSA) is 69.7 Å². The van der Waals surface area contributed by atoms with Crippen LogP contribution in [0.25, 0.3) is 0 Å². The Morgan fingerprint density at radius 3 is 2.21 bits per heavy atom. The number of nitrogens with zero attached hydrogens (tertiary/aromatic N) is 2. The van der Waals surface area contributed by atoms with Crippen molar-refractivity contribution in [2.75, 3.05) is 39.8 Å². The maximum atomic E-state index is 12.7. The molecule has 0 spiro atoms. The summed E-state index contributed by atoms with van der Waals surface area (Å²) < 4.78 is 26.9. The Morgan fingerprint density at radius 1 is 1.12 bits per heavy atom. The van der Waals surface area contributed by atoms with E-state index in [1.807, 2.05) is 19.2 Å². The van der Waals surface area contributed by atoms with Gasteiger partial charge in [0, 0.05) is 39.1 Å². The van der Waals surface area contributed by atoms with Crippen LogP contribution in [0.15, 0.2) is 29.2 Å². The van der Waals surface area contributed by atoms with Crippen LogP contribution < -0.4 is 5.32 Å². The normalized spacial score (nSPS) is 16.6. The van der Waals surface area contributed by atoms with Crippen molar-refractivity contribution in [2.45, 2.75) is 31.1 Å². The van der Waals surface area contributed by atoms with Crippen molar-refractivity contribution in [3.05, 3.63) is 29.8 Å². The van der Waals surface area contributed by atoms with Gasteiger partial charge in [-0.3, -0.25) is 4.79 Å². The van der Waals surface area contributed by atoms with E-state index in [4.69, 9.17) is 0 Å². The molecule has 0 aliphatic carbocycles. The van der Waals surface area contributed by atoms with Crippen molar-refractivity contribution in [3.63, 3.8) is 0 Å². The smallest absolute Gasteiger partial charge is 0.243 e. The third kappa shape index (κ3) is 4.34. The highest BCUT2D eigenvalue weighted by Crippen LogP contribution is 2.21. The molecule has 1 saturated heterocycles. The Balaban J connectivity index is 2.00. The number of hydrogen-bond donors (Lipinski definition) is 1. The molecule has 0 radical (unpaired) electrons. The molecule has 1 aromatic carbocycles. The summed E-state index contributed by atoms with van der Waals surface area (Å²) in [5.41, 5.74) is 1.12. The molecule has 1 aromatic rings. The Labute approximate surface area is 144 Å². The highest BCUT2D eigenvalue weighted by molar-refractivity contribution is 7.89. The van der Waals surface area contributed by atoms with Crippen LogP contribution in [0.5, 0.6) is 0 Å². The second-order valence-corrected chi connectivity index (χ2v) is 8.30. The largest absolute Gasteiger partial charge is 0.340 e. The first-order chi connectivity index (χ1) is 11.4. The van der Waals surface area contributed by atoms with Crippen LogP contribution in [0.4, 0.5) is 0 Å². The van der Waals surface area contributed by atoms with Crippen LogP contribution in [0.3, 0.4) is 0 Å². The van der Waals surface area contributed by atoms with Gasteiger partial charge in [0.05, 0.1) is 4.90 Å². The van der Waals surface area contributed by atoms with E-state index in [-0.39, 0.29) is 5.91 Å². The fraction of sp³-hybridized carbons (Fsp3) is 0.588. The number of carbonyl (C=O) groups is 1. The molecule has 134 valence electrons. The lowest BCUT2D eigenvalue weighted by Gasteiger charge is -2.34. The van der Waals surface area contributed by atoms with Gasteiger partial charge in [-0.1, -0.05) is 26.0 Å². The first-order valence-electron chi connectivity index (χ1n) is 8.38. The summed E-state index contributed by atoms with van der Waals surface area (Å²) in [7, 11) is -1.68. The van der Waals surface area contributed by atoms with Crippen LogP contribution in [-0.2, 0) is 14.8 Å². The molecule has 24 heavy (non-hydrogen) atoms. The van der Waals surface area contributed by atoms with Crippen LogP contribution in [0.2, 0.25) is 0 Å². The first kappa shape index (κ1) is 18.9. The van der Waals surface area contributed by atoms with Gasteiger partial charge in [0.1, 0.15) is 0 Å². The molecule has 0 atom stereocenters. The summed E-state index contributed by atoms with van der Waals surface area (Å²) in [6.07, 6.45) is 0.444. The van der Waals surface area contributed by atoms with Gasteiger partial charge in [0.15, 0.2) is 0 Å². The van der Waals surface area contributed by atoms with Gasteiger partial charge in [0.2, 0.25) is 15.9 Å². The third-order valence-corrected chi connectivity index (χ3v) is 6.28. The summed E-state index contributed by atoms with van der Waals surface area (Å²) in [5, 5.41) is 2.95. The molecule has 6 nitrogen and oxygen atoms in total. The lowest BCUT2D eigenvalue weighted by atomic mass is 10.0.